The number of morpholine rings is 1. The fourth-order valence-corrected chi connectivity index (χ4v) is 2.96. The van der Waals surface area contributed by atoms with Crippen molar-refractivity contribution in [2.24, 2.45) is 0 Å². The Kier molecular flexibility index (Phi) is 7.22. The van der Waals surface area contributed by atoms with Crippen LogP contribution in [0.15, 0.2) is 59.1 Å². The molecule has 1 aliphatic heterocycles. The van der Waals surface area contributed by atoms with Crippen molar-refractivity contribution in [2.45, 2.75) is 0 Å². The van der Waals surface area contributed by atoms with Crippen LogP contribution >= 0.6 is 15.9 Å². The minimum atomic E-state index is -0.569. The number of nitrogens with zero attached hydrogens (tertiary/aromatic N) is 1. The van der Waals surface area contributed by atoms with Gasteiger partial charge in [0.15, 0.2) is 6.61 Å². The van der Waals surface area contributed by atoms with Gasteiger partial charge in [-0.2, -0.15) is 0 Å². The van der Waals surface area contributed by atoms with Crippen molar-refractivity contribution in [1.29, 1.82) is 0 Å². The van der Waals surface area contributed by atoms with Crippen LogP contribution in [0.5, 0.6) is 0 Å². The minimum absolute atomic E-state index is 0.339. The summed E-state index contributed by atoms with van der Waals surface area (Å²) < 4.78 is 11.3. The molecule has 6 nitrogen and oxygen atoms in total. The van der Waals surface area contributed by atoms with Crippen LogP contribution in [0, 0.1) is 0 Å². The van der Waals surface area contributed by atoms with Crippen molar-refractivity contribution in [2.75, 3.05) is 43.1 Å². The molecule has 1 aliphatic rings. The molecule has 146 valence electrons. The molecule has 2 aromatic rings. The summed E-state index contributed by atoms with van der Waals surface area (Å²) in [5, 5.41) is 2.72. The van der Waals surface area contributed by atoms with Crippen molar-refractivity contribution in [3.05, 3.63) is 64.6 Å². The Bertz CT molecular complexity index is 828. The van der Waals surface area contributed by atoms with E-state index >= 15 is 0 Å². The Hall–Kier alpha value is -2.64. The summed E-state index contributed by atoms with van der Waals surface area (Å²) in [6.45, 7) is 2.82. The van der Waals surface area contributed by atoms with E-state index < -0.39 is 5.97 Å². The van der Waals surface area contributed by atoms with Crippen molar-refractivity contribution >= 4 is 45.3 Å². The third-order valence-corrected chi connectivity index (χ3v) is 4.68. The largest absolute Gasteiger partial charge is 0.452 e. The number of carbonyl (C=O) groups is 2. The van der Waals surface area contributed by atoms with Gasteiger partial charge >= 0.3 is 5.97 Å². The van der Waals surface area contributed by atoms with E-state index in [1.54, 1.807) is 6.08 Å². The van der Waals surface area contributed by atoms with Gasteiger partial charge in [0.25, 0.3) is 5.91 Å². The molecule has 1 saturated heterocycles. The van der Waals surface area contributed by atoms with Crippen molar-refractivity contribution in [3.8, 4) is 0 Å². The van der Waals surface area contributed by atoms with Crippen LogP contribution in [0.4, 0.5) is 11.4 Å². The molecule has 0 aliphatic carbocycles. The lowest BCUT2D eigenvalue weighted by molar-refractivity contribution is -0.142. The summed E-state index contributed by atoms with van der Waals surface area (Å²) in [5.74, 6) is -0.953. The molecular formula is C21H21BrN2O4. The summed E-state index contributed by atoms with van der Waals surface area (Å²) in [6, 6.07) is 15.0. The Labute approximate surface area is 172 Å². The van der Waals surface area contributed by atoms with E-state index in [-0.39, 0.29) is 12.5 Å². The molecular weight excluding hydrogens is 424 g/mol. The van der Waals surface area contributed by atoms with Gasteiger partial charge in [0.1, 0.15) is 0 Å². The Morgan fingerprint density at radius 2 is 1.75 bits per heavy atom. The lowest BCUT2D eigenvalue weighted by atomic mass is 10.2. The maximum atomic E-state index is 12.0. The van der Waals surface area contributed by atoms with Crippen molar-refractivity contribution in [3.63, 3.8) is 0 Å². The topological polar surface area (TPSA) is 67.9 Å². The molecule has 0 aromatic heterocycles. The van der Waals surface area contributed by atoms with Gasteiger partial charge in [0.05, 0.1) is 13.2 Å². The zero-order chi connectivity index (χ0) is 19.8. The highest BCUT2D eigenvalue weighted by atomic mass is 79.9. The van der Waals surface area contributed by atoms with Crippen LogP contribution in [0.25, 0.3) is 6.08 Å². The molecule has 1 amide bonds. The second-order valence-electron chi connectivity index (χ2n) is 6.19. The van der Waals surface area contributed by atoms with E-state index in [2.05, 4.69) is 26.1 Å². The first kappa shape index (κ1) is 20.1. The average molecular weight is 445 g/mol. The molecule has 2 aromatic carbocycles. The van der Waals surface area contributed by atoms with E-state index in [9.17, 15) is 9.59 Å². The van der Waals surface area contributed by atoms with Crippen LogP contribution < -0.4 is 10.2 Å². The molecule has 0 unspecified atom stereocenters. The zero-order valence-corrected chi connectivity index (χ0v) is 16.9. The molecule has 0 bridgehead atoms. The van der Waals surface area contributed by atoms with E-state index in [4.69, 9.17) is 9.47 Å². The smallest absolute Gasteiger partial charge is 0.331 e. The molecule has 1 N–H and O–H groups in total. The lowest BCUT2D eigenvalue weighted by Crippen LogP contribution is -2.36. The molecule has 1 heterocycles. The Balaban J connectivity index is 1.43. The minimum Gasteiger partial charge on any atom is -0.452 e. The SMILES string of the molecule is O=C(COC(=O)/C=C/c1ccc(Br)cc1)Nc1ccc(N2CCOCC2)cc1. The third-order valence-electron chi connectivity index (χ3n) is 4.15. The number of hydrogen-bond acceptors (Lipinski definition) is 5. The van der Waals surface area contributed by atoms with Crippen LogP contribution in [-0.2, 0) is 19.1 Å². The van der Waals surface area contributed by atoms with Gasteiger partial charge in [-0.3, -0.25) is 4.79 Å². The quantitative estimate of drug-likeness (QED) is 0.545. The highest BCUT2D eigenvalue weighted by molar-refractivity contribution is 9.10. The molecule has 0 radical (unpaired) electrons. The standard InChI is InChI=1S/C21H21BrN2O4/c22-17-4-1-16(2-5-17)3-10-21(26)28-15-20(25)23-18-6-8-19(9-7-18)24-11-13-27-14-12-24/h1-10H,11-15H2,(H,23,25)/b10-3+. The number of ether oxygens (including phenoxy) is 2. The number of benzene rings is 2. The van der Waals surface area contributed by atoms with E-state index in [1.807, 2.05) is 48.5 Å². The second-order valence-corrected chi connectivity index (χ2v) is 7.10. The third kappa shape index (κ3) is 6.21. The van der Waals surface area contributed by atoms with Crippen molar-refractivity contribution in [1.82, 2.24) is 0 Å². The predicted octanol–water partition coefficient (Wildman–Crippen LogP) is 3.48. The highest BCUT2D eigenvalue weighted by Gasteiger charge is 2.11. The molecule has 0 spiro atoms. The lowest BCUT2D eigenvalue weighted by Gasteiger charge is -2.28. The first-order valence-corrected chi connectivity index (χ1v) is 9.72. The number of esters is 1. The molecule has 1 fully saturated rings. The molecule has 3 rings (SSSR count). The number of amides is 1. The second kappa shape index (κ2) is 10.1. The molecule has 0 saturated carbocycles. The first-order chi connectivity index (χ1) is 13.6. The average Bonchev–Trinajstić information content (AvgIpc) is 2.73. The monoisotopic (exact) mass is 444 g/mol. The van der Waals surface area contributed by atoms with Gasteiger partial charge < -0.3 is 19.7 Å². The van der Waals surface area contributed by atoms with Crippen LogP contribution in [0.3, 0.4) is 0 Å². The Morgan fingerprint density at radius 3 is 2.43 bits per heavy atom. The van der Waals surface area contributed by atoms with Gasteiger partial charge in [-0.15, -0.1) is 0 Å². The normalized spacial score (nSPS) is 14.1. The number of hydrogen-bond donors (Lipinski definition) is 1. The van der Waals surface area contributed by atoms with Crippen LogP contribution in [-0.4, -0.2) is 44.8 Å². The van der Waals surface area contributed by atoms with Gasteiger partial charge in [0.2, 0.25) is 0 Å². The van der Waals surface area contributed by atoms with E-state index in [0.717, 1.165) is 42.0 Å². The predicted molar refractivity (Wildman–Crippen MR) is 112 cm³/mol. The zero-order valence-electron chi connectivity index (χ0n) is 15.3. The summed E-state index contributed by atoms with van der Waals surface area (Å²) in [4.78, 5) is 25.9. The fraction of sp³-hybridized carbons (Fsp3) is 0.238. The molecule has 28 heavy (non-hydrogen) atoms. The summed E-state index contributed by atoms with van der Waals surface area (Å²) in [7, 11) is 0. The van der Waals surface area contributed by atoms with Crippen molar-refractivity contribution < 1.29 is 19.1 Å². The van der Waals surface area contributed by atoms with E-state index in [0.29, 0.717) is 5.69 Å². The van der Waals surface area contributed by atoms with Gasteiger partial charge in [-0.25, -0.2) is 4.79 Å². The maximum absolute atomic E-state index is 12.0. The molecule has 0 atom stereocenters. The van der Waals surface area contributed by atoms with Gasteiger partial charge in [0, 0.05) is 35.0 Å². The van der Waals surface area contributed by atoms with Gasteiger partial charge in [-0.1, -0.05) is 28.1 Å². The number of carbonyl (C=O) groups excluding carboxylic acids is 2. The first-order valence-electron chi connectivity index (χ1n) is 8.93. The summed E-state index contributed by atoms with van der Waals surface area (Å²) in [5.41, 5.74) is 2.61. The van der Waals surface area contributed by atoms with E-state index in [1.165, 1.54) is 6.08 Å². The summed E-state index contributed by atoms with van der Waals surface area (Å²) >= 11 is 3.35. The fourth-order valence-electron chi connectivity index (χ4n) is 2.70. The number of rotatable bonds is 6. The van der Waals surface area contributed by atoms with Gasteiger partial charge in [-0.05, 0) is 48.0 Å². The maximum Gasteiger partial charge on any atom is 0.331 e. The summed E-state index contributed by atoms with van der Waals surface area (Å²) in [6.07, 6.45) is 2.94. The number of halogens is 1. The Morgan fingerprint density at radius 1 is 1.07 bits per heavy atom. The number of nitrogens with one attached hydrogen (secondary N) is 1. The highest BCUT2D eigenvalue weighted by Crippen LogP contribution is 2.19. The van der Waals surface area contributed by atoms with Crippen LogP contribution in [0.2, 0.25) is 0 Å². The van der Waals surface area contributed by atoms with Crippen LogP contribution in [0.1, 0.15) is 5.56 Å². The molecule has 7 heteroatoms. The number of anilines is 2.